The molecule has 0 heterocycles. The van der Waals surface area contributed by atoms with Gasteiger partial charge in [-0.2, -0.15) is 0 Å². The number of hydrogen-bond acceptors (Lipinski definition) is 10. The first-order valence-electron chi connectivity index (χ1n) is 8.80. The van der Waals surface area contributed by atoms with Gasteiger partial charge < -0.3 is 24.5 Å². The van der Waals surface area contributed by atoms with Crippen LogP contribution in [0.5, 0.6) is 0 Å². The second-order valence-corrected chi connectivity index (χ2v) is 7.60. The summed E-state index contributed by atoms with van der Waals surface area (Å²) < 4.78 is 37.6. The Hall–Kier alpha value is -1.48. The van der Waals surface area contributed by atoms with Gasteiger partial charge in [0.2, 0.25) is 0 Å². The molecule has 0 spiro atoms. The van der Waals surface area contributed by atoms with Crippen molar-refractivity contribution in [3.05, 3.63) is 0 Å². The summed E-state index contributed by atoms with van der Waals surface area (Å²) in [5.74, 6) is -1.93. The first kappa shape index (κ1) is 25.5. The monoisotopic (exact) mass is 411 g/mol. The minimum absolute atomic E-state index is 0.0304. The van der Waals surface area contributed by atoms with Crippen molar-refractivity contribution in [1.29, 1.82) is 0 Å². The summed E-state index contributed by atoms with van der Waals surface area (Å²) in [4.78, 5) is 35.1. The fourth-order valence-corrected chi connectivity index (χ4v) is 3.52. The Balaban J connectivity index is 4.97. The van der Waals surface area contributed by atoms with Gasteiger partial charge in [0.05, 0.1) is 26.0 Å². The highest BCUT2D eigenvalue weighted by atomic mass is 31.2. The van der Waals surface area contributed by atoms with Crippen molar-refractivity contribution in [2.75, 3.05) is 33.1 Å². The van der Waals surface area contributed by atoms with Crippen molar-refractivity contribution in [2.24, 2.45) is 5.73 Å². The molecule has 1 unspecified atom stereocenters. The van der Waals surface area contributed by atoms with E-state index in [1.54, 1.807) is 20.8 Å². The minimum Gasteiger partial charge on any atom is -0.466 e. The van der Waals surface area contributed by atoms with E-state index in [0.29, 0.717) is 0 Å². The van der Waals surface area contributed by atoms with Crippen LogP contribution in [0, 0.1) is 0 Å². The van der Waals surface area contributed by atoms with E-state index in [1.807, 2.05) is 0 Å². The van der Waals surface area contributed by atoms with E-state index in [2.05, 4.69) is 0 Å². The van der Waals surface area contributed by atoms with Gasteiger partial charge in [0, 0.05) is 13.5 Å². The Kier molecular flexibility index (Phi) is 12.9. The molecule has 27 heavy (non-hydrogen) atoms. The van der Waals surface area contributed by atoms with Crippen LogP contribution in [-0.4, -0.2) is 63.1 Å². The molecule has 10 nitrogen and oxygen atoms in total. The van der Waals surface area contributed by atoms with Crippen molar-refractivity contribution < 1.29 is 42.2 Å². The molecule has 0 rings (SSSR count). The summed E-state index contributed by atoms with van der Waals surface area (Å²) in [5.41, 5.74) is 5.68. The number of rotatable bonds is 14. The van der Waals surface area contributed by atoms with Crippen molar-refractivity contribution in [2.45, 2.75) is 52.2 Å². The quantitative estimate of drug-likeness (QED) is 0.253. The number of esters is 3. The van der Waals surface area contributed by atoms with E-state index in [9.17, 15) is 18.9 Å². The number of ether oxygens (including phenoxy) is 3. The molecule has 0 aromatic carbocycles. The summed E-state index contributed by atoms with van der Waals surface area (Å²) in [5, 5.41) is 0. The Bertz CT molecular complexity index is 526. The van der Waals surface area contributed by atoms with Crippen LogP contribution in [0.15, 0.2) is 0 Å². The van der Waals surface area contributed by atoms with Gasteiger partial charge in [-0.1, -0.05) is 0 Å². The third-order valence-electron chi connectivity index (χ3n) is 3.33. The molecule has 2 N–H and O–H groups in total. The topological polar surface area (TPSA) is 140 Å². The van der Waals surface area contributed by atoms with E-state index in [-0.39, 0.29) is 45.2 Å². The van der Waals surface area contributed by atoms with E-state index in [0.717, 1.165) is 7.11 Å². The number of carbonyl (C=O) groups excluding carboxylic acids is 3. The Morgan fingerprint density at radius 2 is 1.48 bits per heavy atom. The predicted molar refractivity (Wildman–Crippen MR) is 96.1 cm³/mol. The molecule has 11 heteroatoms. The molecule has 0 radical (unpaired) electrons. The lowest BCUT2D eigenvalue weighted by Crippen LogP contribution is -2.33. The van der Waals surface area contributed by atoms with Crippen LogP contribution in [0.4, 0.5) is 0 Å². The fourth-order valence-electron chi connectivity index (χ4n) is 1.98. The molecule has 0 aliphatic rings. The standard InChI is InChI=1S/C16H30NO9P/c1-5-23-14(18)9-8-13(16(20)25-7-3)26-27(21,22-4)11-10-12(17)15(19)24-6-2/h12-13H,5-11,17H2,1-4H3/t12-,13-,27?/m0/s1. The molecule has 0 aliphatic carbocycles. The van der Waals surface area contributed by atoms with E-state index >= 15 is 0 Å². The largest absolute Gasteiger partial charge is 0.466 e. The van der Waals surface area contributed by atoms with E-state index in [4.69, 9.17) is 29.0 Å². The summed E-state index contributed by atoms with van der Waals surface area (Å²) in [6, 6.07) is -1.00. The van der Waals surface area contributed by atoms with E-state index in [1.165, 1.54) is 0 Å². The number of carbonyl (C=O) groups is 3. The summed E-state index contributed by atoms with van der Waals surface area (Å²) in [7, 11) is -2.61. The van der Waals surface area contributed by atoms with Crippen LogP contribution in [0.25, 0.3) is 0 Å². The second-order valence-electron chi connectivity index (χ2n) is 5.35. The van der Waals surface area contributed by atoms with Gasteiger partial charge in [0.25, 0.3) is 0 Å². The predicted octanol–water partition coefficient (Wildman–Crippen LogP) is 1.40. The Morgan fingerprint density at radius 1 is 0.926 bits per heavy atom. The summed E-state index contributed by atoms with van der Waals surface area (Å²) >= 11 is 0. The second kappa shape index (κ2) is 13.7. The SMILES string of the molecule is CCOC(=O)CC[C@H](OP(=O)(CC[C@H](N)C(=O)OCC)OC)C(=O)OCC. The van der Waals surface area contributed by atoms with Crippen LogP contribution < -0.4 is 5.73 Å². The molecule has 0 aromatic heterocycles. The Labute approximate surface area is 159 Å². The van der Waals surface area contributed by atoms with Gasteiger partial charge in [-0.05, 0) is 33.6 Å². The Morgan fingerprint density at radius 3 is 2.00 bits per heavy atom. The van der Waals surface area contributed by atoms with Gasteiger partial charge in [0.1, 0.15) is 6.04 Å². The third-order valence-corrected chi connectivity index (χ3v) is 5.27. The molecule has 3 atom stereocenters. The molecule has 0 amide bonds. The average molecular weight is 411 g/mol. The maximum absolute atomic E-state index is 12.8. The zero-order chi connectivity index (χ0) is 20.9. The third kappa shape index (κ3) is 10.4. The molecule has 0 aliphatic heterocycles. The first-order chi connectivity index (χ1) is 12.7. The maximum Gasteiger partial charge on any atom is 0.335 e. The van der Waals surface area contributed by atoms with Gasteiger partial charge in [0.15, 0.2) is 6.10 Å². The van der Waals surface area contributed by atoms with Crippen LogP contribution in [0.3, 0.4) is 0 Å². The number of hydrogen-bond donors (Lipinski definition) is 1. The summed E-state index contributed by atoms with van der Waals surface area (Å²) in [6.45, 7) is 5.36. The van der Waals surface area contributed by atoms with Gasteiger partial charge >= 0.3 is 25.5 Å². The van der Waals surface area contributed by atoms with Gasteiger partial charge in [-0.15, -0.1) is 0 Å². The maximum atomic E-state index is 12.8. The molecule has 0 saturated carbocycles. The lowest BCUT2D eigenvalue weighted by atomic mass is 10.2. The first-order valence-corrected chi connectivity index (χ1v) is 10.5. The normalized spacial score (nSPS) is 15.3. The lowest BCUT2D eigenvalue weighted by molar-refractivity contribution is -0.153. The highest BCUT2D eigenvalue weighted by Gasteiger charge is 2.34. The summed E-state index contributed by atoms with van der Waals surface area (Å²) in [6.07, 6.45) is -1.73. The molecular weight excluding hydrogens is 381 g/mol. The van der Waals surface area contributed by atoms with Gasteiger partial charge in [-0.25, -0.2) is 4.79 Å². The minimum atomic E-state index is -3.76. The smallest absolute Gasteiger partial charge is 0.335 e. The van der Waals surface area contributed by atoms with Crippen molar-refractivity contribution in [3.63, 3.8) is 0 Å². The van der Waals surface area contributed by atoms with Crippen LogP contribution in [0.2, 0.25) is 0 Å². The highest BCUT2D eigenvalue weighted by Crippen LogP contribution is 2.49. The molecule has 158 valence electrons. The molecular formula is C16H30NO9P. The fraction of sp³-hybridized carbons (Fsp3) is 0.812. The molecule has 0 bridgehead atoms. The van der Waals surface area contributed by atoms with Crippen molar-refractivity contribution in [3.8, 4) is 0 Å². The van der Waals surface area contributed by atoms with Crippen molar-refractivity contribution in [1.82, 2.24) is 0 Å². The lowest BCUT2D eigenvalue weighted by Gasteiger charge is -2.23. The average Bonchev–Trinajstić information content (AvgIpc) is 2.63. The van der Waals surface area contributed by atoms with Crippen LogP contribution in [0.1, 0.15) is 40.0 Å². The van der Waals surface area contributed by atoms with E-state index < -0.39 is 37.6 Å². The molecule has 0 saturated heterocycles. The highest BCUT2D eigenvalue weighted by molar-refractivity contribution is 7.53. The number of nitrogens with two attached hydrogens (primary N) is 1. The van der Waals surface area contributed by atoms with Crippen LogP contribution in [-0.2, 0) is 42.2 Å². The zero-order valence-corrected chi connectivity index (χ0v) is 17.2. The molecule has 0 aromatic rings. The van der Waals surface area contributed by atoms with Crippen molar-refractivity contribution >= 4 is 25.5 Å². The van der Waals surface area contributed by atoms with Gasteiger partial charge in [-0.3, -0.25) is 18.7 Å². The molecule has 0 fully saturated rings. The zero-order valence-electron chi connectivity index (χ0n) is 16.3. The van der Waals surface area contributed by atoms with Crippen LogP contribution >= 0.6 is 7.60 Å².